The minimum Gasteiger partial charge on any atom is -0.384 e. The molecule has 0 aromatic heterocycles. The zero-order chi connectivity index (χ0) is 15.7. The second-order valence-electron chi connectivity index (χ2n) is 6.77. The Morgan fingerprint density at radius 3 is 2.09 bits per heavy atom. The molecule has 1 N–H and O–H groups in total. The van der Waals surface area contributed by atoms with Gasteiger partial charge in [-0.1, -0.05) is 59.7 Å². The predicted molar refractivity (Wildman–Crippen MR) is 91.1 cm³/mol. The number of hydrogen-bond acceptors (Lipinski definition) is 2. The molecular weight excluding hydrogens is 270 g/mol. The van der Waals surface area contributed by atoms with E-state index in [9.17, 15) is 5.11 Å². The number of aliphatic hydroxyl groups is 1. The minimum absolute atomic E-state index is 0.106. The summed E-state index contributed by atoms with van der Waals surface area (Å²) in [5, 5.41) is 11.5. The molecule has 0 bridgehead atoms. The first kappa shape index (κ1) is 15.3. The second kappa shape index (κ2) is 5.86. The standard InChI is InChI=1S/C20H25NO/c1-15-4-8-17(9-5-15)19-14-21(3)13-12-20(19,22)18-10-6-16(2)7-11-18/h4-11,19,22H,12-14H2,1-3H3/t19-,20-/m0/s1. The Kier molecular flexibility index (Phi) is 4.07. The van der Waals surface area contributed by atoms with E-state index in [4.69, 9.17) is 0 Å². The Morgan fingerprint density at radius 2 is 1.50 bits per heavy atom. The molecule has 2 aromatic carbocycles. The van der Waals surface area contributed by atoms with E-state index in [0.717, 1.165) is 25.1 Å². The van der Waals surface area contributed by atoms with Crippen LogP contribution in [0.5, 0.6) is 0 Å². The summed E-state index contributed by atoms with van der Waals surface area (Å²) in [5.41, 5.74) is 3.96. The van der Waals surface area contributed by atoms with Crippen molar-refractivity contribution in [3.63, 3.8) is 0 Å². The predicted octanol–water partition coefficient (Wildman–Crippen LogP) is 3.61. The lowest BCUT2D eigenvalue weighted by atomic mass is 9.72. The highest BCUT2D eigenvalue weighted by atomic mass is 16.3. The fraction of sp³-hybridized carbons (Fsp3) is 0.400. The molecule has 1 heterocycles. The van der Waals surface area contributed by atoms with Gasteiger partial charge in [0.05, 0.1) is 5.60 Å². The third-order valence-electron chi connectivity index (χ3n) is 4.98. The maximum absolute atomic E-state index is 11.5. The van der Waals surface area contributed by atoms with E-state index in [1.165, 1.54) is 16.7 Å². The van der Waals surface area contributed by atoms with Crippen LogP contribution >= 0.6 is 0 Å². The zero-order valence-corrected chi connectivity index (χ0v) is 13.7. The van der Waals surface area contributed by atoms with Crippen LogP contribution in [0.1, 0.15) is 34.6 Å². The lowest BCUT2D eigenvalue weighted by molar-refractivity contribution is -0.0418. The topological polar surface area (TPSA) is 23.5 Å². The van der Waals surface area contributed by atoms with E-state index in [2.05, 4.69) is 74.3 Å². The molecule has 0 radical (unpaired) electrons. The highest BCUT2D eigenvalue weighted by Gasteiger charge is 2.42. The first-order valence-corrected chi connectivity index (χ1v) is 8.04. The summed E-state index contributed by atoms with van der Waals surface area (Å²) in [4.78, 5) is 2.31. The van der Waals surface area contributed by atoms with Crippen molar-refractivity contribution in [1.82, 2.24) is 4.90 Å². The van der Waals surface area contributed by atoms with E-state index in [1.807, 2.05) is 0 Å². The maximum Gasteiger partial charge on any atom is 0.0989 e. The summed E-state index contributed by atoms with van der Waals surface area (Å²) < 4.78 is 0. The number of likely N-dealkylation sites (N-methyl/N-ethyl adjacent to an activating group) is 1. The van der Waals surface area contributed by atoms with Crippen molar-refractivity contribution in [3.8, 4) is 0 Å². The molecule has 2 aromatic rings. The van der Waals surface area contributed by atoms with Gasteiger partial charge in [0.1, 0.15) is 0 Å². The molecule has 2 nitrogen and oxygen atoms in total. The molecule has 0 spiro atoms. The van der Waals surface area contributed by atoms with Crippen molar-refractivity contribution in [2.24, 2.45) is 0 Å². The maximum atomic E-state index is 11.5. The van der Waals surface area contributed by atoms with Gasteiger partial charge < -0.3 is 10.0 Å². The van der Waals surface area contributed by atoms with Crippen LogP contribution in [0, 0.1) is 13.8 Å². The highest BCUT2D eigenvalue weighted by Crippen LogP contribution is 2.43. The van der Waals surface area contributed by atoms with Crippen molar-refractivity contribution in [1.29, 1.82) is 0 Å². The van der Waals surface area contributed by atoms with Gasteiger partial charge in [0.15, 0.2) is 0 Å². The number of rotatable bonds is 2. The smallest absolute Gasteiger partial charge is 0.0989 e. The van der Waals surface area contributed by atoms with Crippen molar-refractivity contribution < 1.29 is 5.11 Å². The average molecular weight is 295 g/mol. The van der Waals surface area contributed by atoms with Crippen LogP contribution in [-0.2, 0) is 5.60 Å². The molecule has 1 fully saturated rings. The Morgan fingerprint density at radius 1 is 0.955 bits per heavy atom. The number of nitrogens with zero attached hydrogens (tertiary/aromatic N) is 1. The molecule has 0 amide bonds. The summed E-state index contributed by atoms with van der Waals surface area (Å²) in [5.74, 6) is 0.106. The molecule has 0 aliphatic carbocycles. The Labute approximate surface area is 133 Å². The zero-order valence-electron chi connectivity index (χ0n) is 13.7. The summed E-state index contributed by atoms with van der Waals surface area (Å²) in [6, 6.07) is 17.0. The molecule has 1 saturated heterocycles. The van der Waals surface area contributed by atoms with Gasteiger partial charge in [0, 0.05) is 19.0 Å². The van der Waals surface area contributed by atoms with Crippen molar-refractivity contribution >= 4 is 0 Å². The SMILES string of the molecule is Cc1ccc([C@@H]2CN(C)CC[C@]2(O)c2ccc(C)cc2)cc1. The fourth-order valence-electron chi connectivity index (χ4n) is 3.46. The van der Waals surface area contributed by atoms with Crippen LogP contribution < -0.4 is 0 Å². The summed E-state index contributed by atoms with van der Waals surface area (Å²) >= 11 is 0. The number of hydrogen-bond donors (Lipinski definition) is 1. The quantitative estimate of drug-likeness (QED) is 0.915. The molecule has 0 unspecified atom stereocenters. The third kappa shape index (κ3) is 2.81. The highest BCUT2D eigenvalue weighted by molar-refractivity contribution is 5.35. The van der Waals surface area contributed by atoms with E-state index in [0.29, 0.717) is 0 Å². The second-order valence-corrected chi connectivity index (χ2v) is 6.77. The molecule has 3 rings (SSSR count). The van der Waals surface area contributed by atoms with Crippen LogP contribution in [0.2, 0.25) is 0 Å². The molecule has 2 heteroatoms. The average Bonchev–Trinajstić information content (AvgIpc) is 2.51. The van der Waals surface area contributed by atoms with Crippen LogP contribution in [0.3, 0.4) is 0 Å². The van der Waals surface area contributed by atoms with Gasteiger partial charge in [0.25, 0.3) is 0 Å². The van der Waals surface area contributed by atoms with Gasteiger partial charge in [-0.05, 0) is 38.4 Å². The summed E-state index contributed by atoms with van der Waals surface area (Å²) in [6.45, 7) is 5.99. The number of piperidine rings is 1. The van der Waals surface area contributed by atoms with Crippen molar-refractivity contribution in [3.05, 3.63) is 70.8 Å². The van der Waals surface area contributed by atoms with Gasteiger partial charge in [0.2, 0.25) is 0 Å². The first-order chi connectivity index (χ1) is 10.5. The summed E-state index contributed by atoms with van der Waals surface area (Å²) in [6.07, 6.45) is 0.769. The summed E-state index contributed by atoms with van der Waals surface area (Å²) in [7, 11) is 2.13. The molecule has 2 atom stereocenters. The molecular formula is C20H25NO. The van der Waals surface area contributed by atoms with Crippen LogP contribution in [0.15, 0.2) is 48.5 Å². The molecule has 22 heavy (non-hydrogen) atoms. The molecule has 116 valence electrons. The van der Waals surface area contributed by atoms with Gasteiger partial charge >= 0.3 is 0 Å². The lowest BCUT2D eigenvalue weighted by Crippen LogP contribution is -2.47. The van der Waals surface area contributed by atoms with Gasteiger partial charge in [-0.25, -0.2) is 0 Å². The molecule has 1 aliphatic rings. The Hall–Kier alpha value is -1.64. The van der Waals surface area contributed by atoms with Crippen LogP contribution in [0.4, 0.5) is 0 Å². The lowest BCUT2D eigenvalue weighted by Gasteiger charge is -2.44. The van der Waals surface area contributed by atoms with Crippen molar-refractivity contribution in [2.45, 2.75) is 31.8 Å². The largest absolute Gasteiger partial charge is 0.384 e. The van der Waals surface area contributed by atoms with Crippen molar-refractivity contribution in [2.75, 3.05) is 20.1 Å². The van der Waals surface area contributed by atoms with Crippen LogP contribution in [0.25, 0.3) is 0 Å². The number of aryl methyl sites for hydroxylation is 2. The van der Waals surface area contributed by atoms with E-state index in [1.54, 1.807) is 0 Å². The van der Waals surface area contributed by atoms with Gasteiger partial charge in [-0.3, -0.25) is 0 Å². The van der Waals surface area contributed by atoms with Crippen LogP contribution in [-0.4, -0.2) is 30.1 Å². The molecule has 1 aliphatic heterocycles. The molecule has 0 saturated carbocycles. The van der Waals surface area contributed by atoms with Gasteiger partial charge in [-0.15, -0.1) is 0 Å². The van der Waals surface area contributed by atoms with E-state index in [-0.39, 0.29) is 5.92 Å². The number of benzene rings is 2. The van der Waals surface area contributed by atoms with Gasteiger partial charge in [-0.2, -0.15) is 0 Å². The normalized spacial score (nSPS) is 26.1. The Balaban J connectivity index is 2.02. The Bertz CT molecular complexity index is 632. The van der Waals surface area contributed by atoms with E-state index >= 15 is 0 Å². The number of likely N-dealkylation sites (tertiary alicyclic amines) is 1. The minimum atomic E-state index is -0.782. The van der Waals surface area contributed by atoms with E-state index < -0.39 is 5.60 Å². The monoisotopic (exact) mass is 295 g/mol. The third-order valence-corrected chi connectivity index (χ3v) is 4.98. The fourth-order valence-corrected chi connectivity index (χ4v) is 3.46. The first-order valence-electron chi connectivity index (χ1n) is 8.04.